The number of nitrogens with one attached hydrogen (secondary N) is 2. The van der Waals surface area contributed by atoms with E-state index in [2.05, 4.69) is 30.2 Å². The molecule has 0 radical (unpaired) electrons. The minimum Gasteiger partial charge on any atom is -0.475 e. The van der Waals surface area contributed by atoms with Gasteiger partial charge in [-0.1, -0.05) is 49.5 Å². The normalized spacial score (nSPS) is 13.6. The highest BCUT2D eigenvalue weighted by Gasteiger charge is 2.38. The van der Waals surface area contributed by atoms with Gasteiger partial charge in [-0.3, -0.25) is 4.79 Å². The molecule has 6 N–H and O–H groups in total. The molecule has 214 valence electrons. The Balaban J connectivity index is 0. The summed E-state index contributed by atoms with van der Waals surface area (Å²) in [5, 5.41) is 21.5. The first-order chi connectivity index (χ1) is 16.8. The monoisotopic (exact) mass is 605 g/mol. The maximum atomic E-state index is 12.5. The summed E-state index contributed by atoms with van der Waals surface area (Å²) in [6.45, 7) is 5.01. The molecule has 0 saturated heterocycles. The minimum absolute atomic E-state index is 0.0586. The molecule has 0 bridgehead atoms. The van der Waals surface area contributed by atoms with Crippen molar-refractivity contribution in [2.24, 2.45) is 11.7 Å². The molecule has 37 heavy (non-hydrogen) atoms. The molecule has 0 aliphatic rings. The van der Waals surface area contributed by atoms with Gasteiger partial charge in [0, 0.05) is 34.9 Å². The zero-order valence-corrected chi connectivity index (χ0v) is 21.9. The molecule has 17 heteroatoms. The number of hydrogen-bond donors (Lipinski definition) is 6. The second kappa shape index (κ2) is 17.5. The van der Waals surface area contributed by atoms with E-state index in [1.807, 2.05) is 13.0 Å². The van der Waals surface area contributed by atoms with Gasteiger partial charge >= 0.3 is 24.3 Å². The smallest absolute Gasteiger partial charge is 0.475 e. The summed E-state index contributed by atoms with van der Waals surface area (Å²) in [6.07, 6.45) is -9.27. The summed E-state index contributed by atoms with van der Waals surface area (Å²) < 4.78 is 63.5. The third kappa shape index (κ3) is 17.2. The van der Waals surface area contributed by atoms with E-state index in [1.165, 1.54) is 0 Å². The van der Waals surface area contributed by atoms with E-state index >= 15 is 0 Å². The van der Waals surface area contributed by atoms with Crippen LogP contribution in [-0.2, 0) is 20.9 Å². The van der Waals surface area contributed by atoms with Gasteiger partial charge in [0.1, 0.15) is 0 Å². The Morgan fingerprint density at radius 2 is 1.51 bits per heavy atom. The fourth-order valence-corrected chi connectivity index (χ4v) is 2.69. The fourth-order valence-electron chi connectivity index (χ4n) is 2.09. The molecular weight excluding hydrogens is 579 g/mol. The number of hydrogen-bond acceptors (Lipinski definition) is 6. The van der Waals surface area contributed by atoms with Crippen LogP contribution >= 0.6 is 35.8 Å². The first kappa shape index (κ1) is 37.2. The van der Waals surface area contributed by atoms with Crippen LogP contribution in [0.15, 0.2) is 18.2 Å². The maximum absolute atomic E-state index is 12.5. The lowest BCUT2D eigenvalue weighted by molar-refractivity contribution is -0.193. The number of alkyl halides is 6. The predicted molar refractivity (Wildman–Crippen MR) is 129 cm³/mol. The molecule has 1 amide bonds. The molecule has 8 nitrogen and oxygen atoms in total. The fraction of sp³-hybridized carbons (Fsp3) is 0.550. The number of aliphatic carboxylic acids is 2. The van der Waals surface area contributed by atoms with Crippen molar-refractivity contribution in [3.8, 4) is 0 Å². The average molecular weight is 606 g/mol. The van der Waals surface area contributed by atoms with Crippen molar-refractivity contribution in [1.82, 2.24) is 10.6 Å². The van der Waals surface area contributed by atoms with Gasteiger partial charge in [-0.25, -0.2) is 9.59 Å². The van der Waals surface area contributed by atoms with Crippen LogP contribution < -0.4 is 16.4 Å². The van der Waals surface area contributed by atoms with E-state index in [1.54, 1.807) is 12.1 Å². The van der Waals surface area contributed by atoms with Crippen molar-refractivity contribution in [3.63, 3.8) is 0 Å². The molecule has 0 fully saturated rings. The number of carboxylic acid groups (broad SMARTS) is 2. The van der Waals surface area contributed by atoms with Crippen molar-refractivity contribution in [2.75, 3.05) is 12.3 Å². The SMILES string of the molecule is CC[C@H](C)[C@H](NC[C@@H](N)CS)C(=O)NCc1ccc(Cl)cc1Cl.O=C(O)C(F)(F)F.O=C(O)C(F)(F)F. The van der Waals surface area contributed by atoms with Gasteiger partial charge in [-0.15, -0.1) is 0 Å². The van der Waals surface area contributed by atoms with Crippen LogP contribution in [0.5, 0.6) is 0 Å². The van der Waals surface area contributed by atoms with Gasteiger partial charge in [0.25, 0.3) is 0 Å². The number of carbonyl (C=O) groups is 3. The summed E-state index contributed by atoms with van der Waals surface area (Å²) in [4.78, 5) is 30.3. The summed E-state index contributed by atoms with van der Waals surface area (Å²) in [5.41, 5.74) is 6.69. The lowest BCUT2D eigenvalue weighted by Gasteiger charge is -2.25. The third-order valence-corrected chi connectivity index (χ3v) is 5.34. The highest BCUT2D eigenvalue weighted by Crippen LogP contribution is 2.21. The van der Waals surface area contributed by atoms with E-state index in [4.69, 9.17) is 48.7 Å². The Hall–Kier alpha value is -1.94. The third-order valence-electron chi connectivity index (χ3n) is 4.28. The van der Waals surface area contributed by atoms with Gasteiger partial charge in [-0.05, 0) is 23.6 Å². The highest BCUT2D eigenvalue weighted by atomic mass is 35.5. The van der Waals surface area contributed by atoms with Gasteiger partial charge < -0.3 is 26.6 Å². The Morgan fingerprint density at radius 1 is 1.05 bits per heavy atom. The second-order valence-electron chi connectivity index (χ2n) is 7.27. The first-order valence-corrected chi connectivity index (χ1v) is 11.6. The molecule has 0 aliphatic heterocycles. The van der Waals surface area contributed by atoms with Crippen LogP contribution in [0.2, 0.25) is 10.0 Å². The van der Waals surface area contributed by atoms with Gasteiger partial charge in [-0.2, -0.15) is 39.0 Å². The van der Waals surface area contributed by atoms with E-state index in [9.17, 15) is 31.1 Å². The molecule has 0 heterocycles. The van der Waals surface area contributed by atoms with Crippen LogP contribution in [0.25, 0.3) is 0 Å². The molecule has 0 spiro atoms. The predicted octanol–water partition coefficient (Wildman–Crippen LogP) is 4.14. The Labute approximate surface area is 224 Å². The second-order valence-corrected chi connectivity index (χ2v) is 8.48. The van der Waals surface area contributed by atoms with Gasteiger partial charge in [0.15, 0.2) is 0 Å². The zero-order chi connectivity index (χ0) is 29.6. The molecule has 0 aromatic heterocycles. The molecule has 0 unspecified atom stereocenters. The van der Waals surface area contributed by atoms with Gasteiger partial charge in [0.2, 0.25) is 5.91 Å². The van der Waals surface area contributed by atoms with Crippen molar-refractivity contribution < 1.29 is 50.9 Å². The van der Waals surface area contributed by atoms with Crippen molar-refractivity contribution >= 4 is 53.7 Å². The molecule has 3 atom stereocenters. The van der Waals surface area contributed by atoms with Crippen LogP contribution in [0, 0.1) is 5.92 Å². The van der Waals surface area contributed by atoms with Crippen LogP contribution in [0.3, 0.4) is 0 Å². The number of carbonyl (C=O) groups excluding carboxylic acids is 1. The average Bonchev–Trinajstić information content (AvgIpc) is 2.77. The summed E-state index contributed by atoms with van der Waals surface area (Å²) in [6, 6.07) is 4.86. The molecule has 1 rings (SSSR count). The molecule has 0 saturated carbocycles. The van der Waals surface area contributed by atoms with E-state index in [-0.39, 0.29) is 23.9 Å². The quantitative estimate of drug-likeness (QED) is 0.183. The van der Waals surface area contributed by atoms with Crippen molar-refractivity contribution in [1.29, 1.82) is 0 Å². The van der Waals surface area contributed by atoms with E-state index in [0.717, 1.165) is 12.0 Å². The minimum atomic E-state index is -5.08. The maximum Gasteiger partial charge on any atom is 0.490 e. The summed E-state index contributed by atoms with van der Waals surface area (Å²) in [7, 11) is 0. The highest BCUT2D eigenvalue weighted by molar-refractivity contribution is 7.80. The standard InChI is InChI=1S/C16H25Cl2N3OS.2C2HF3O2/c1-3-10(2)15(20-8-13(19)9-23)16(22)21-7-11-4-5-12(17)6-14(11)18;2*3-2(4,5)1(6)7/h4-6,10,13,15,20,23H,3,7-9,19H2,1-2H3,(H,21,22);2*(H,6,7)/t10-,13+,15-;;/m0../s1. The lowest BCUT2D eigenvalue weighted by Crippen LogP contribution is -2.51. The van der Waals surface area contributed by atoms with Crippen LogP contribution in [0.4, 0.5) is 26.3 Å². The molecule has 1 aromatic rings. The number of amides is 1. The Morgan fingerprint density at radius 3 is 1.86 bits per heavy atom. The molecule has 1 aromatic carbocycles. The number of rotatable bonds is 9. The lowest BCUT2D eigenvalue weighted by atomic mass is 9.98. The topological polar surface area (TPSA) is 142 Å². The Bertz CT molecular complexity index is 854. The molecular formula is C20H27Cl2F6N3O5S. The Kier molecular flexibility index (Phi) is 17.6. The van der Waals surface area contributed by atoms with Crippen LogP contribution in [-0.4, -0.2) is 64.8 Å². The first-order valence-electron chi connectivity index (χ1n) is 10.2. The van der Waals surface area contributed by atoms with Crippen molar-refractivity contribution in [2.45, 2.75) is 51.2 Å². The van der Waals surface area contributed by atoms with E-state index in [0.29, 0.717) is 28.9 Å². The number of halogens is 8. The summed E-state index contributed by atoms with van der Waals surface area (Å²) >= 11 is 16.2. The zero-order valence-electron chi connectivity index (χ0n) is 19.5. The van der Waals surface area contributed by atoms with Crippen molar-refractivity contribution in [3.05, 3.63) is 33.8 Å². The van der Waals surface area contributed by atoms with Crippen LogP contribution in [0.1, 0.15) is 25.8 Å². The van der Waals surface area contributed by atoms with Gasteiger partial charge in [0.05, 0.1) is 6.04 Å². The van der Waals surface area contributed by atoms with E-state index < -0.39 is 24.3 Å². The molecule has 0 aliphatic carbocycles. The number of thiol groups is 1. The number of nitrogens with two attached hydrogens (primary N) is 1. The number of benzene rings is 1. The number of carboxylic acids is 2. The largest absolute Gasteiger partial charge is 0.490 e. The summed E-state index contributed by atoms with van der Waals surface area (Å²) in [5.74, 6) is -4.80.